The van der Waals surface area contributed by atoms with E-state index in [2.05, 4.69) is 35.8 Å². The van der Waals surface area contributed by atoms with Gasteiger partial charge in [0.25, 0.3) is 5.69 Å². The number of hydrogen-bond donors (Lipinski definition) is 1. The first-order valence-corrected chi connectivity index (χ1v) is 12.7. The maximum atomic E-state index is 14.1. The number of benzene rings is 2. The summed E-state index contributed by atoms with van der Waals surface area (Å²) in [4.78, 5) is 24.4. The molecule has 2 aromatic heterocycles. The quantitative estimate of drug-likeness (QED) is 0.196. The van der Waals surface area contributed by atoms with Crippen LogP contribution in [0.2, 0.25) is 0 Å². The molecule has 0 aliphatic heterocycles. The highest BCUT2D eigenvalue weighted by Crippen LogP contribution is 2.42. The lowest BCUT2D eigenvalue weighted by Gasteiger charge is -2.22. The van der Waals surface area contributed by atoms with Crippen LogP contribution in [0.3, 0.4) is 0 Å². The fraction of sp³-hybridized carbons (Fsp3) is 0.308. The number of anilines is 3. The number of halogens is 2. The second kappa shape index (κ2) is 10.1. The Bertz CT molecular complexity index is 1490. The van der Waals surface area contributed by atoms with E-state index in [0.29, 0.717) is 34.1 Å². The molecule has 0 saturated heterocycles. The van der Waals surface area contributed by atoms with Crippen LogP contribution in [-0.4, -0.2) is 58.6 Å². The Kier molecular flexibility index (Phi) is 6.82. The second-order valence-corrected chi connectivity index (χ2v) is 10.4. The molecular formula is C26H27BrFN7O2. The van der Waals surface area contributed by atoms with Crippen molar-refractivity contribution in [2.24, 2.45) is 0 Å². The van der Waals surface area contributed by atoms with Gasteiger partial charge in [-0.05, 0) is 73.2 Å². The molecule has 1 fully saturated rings. The molecule has 9 nitrogen and oxygen atoms in total. The molecule has 37 heavy (non-hydrogen) atoms. The number of likely N-dealkylation sites (N-methyl/N-ethyl adjacent to an activating group) is 2. The monoisotopic (exact) mass is 567 g/mol. The molecule has 0 bridgehead atoms. The first-order chi connectivity index (χ1) is 17.7. The summed E-state index contributed by atoms with van der Waals surface area (Å²) in [5, 5.41) is 15.8. The smallest absolute Gasteiger partial charge is 0.294 e. The van der Waals surface area contributed by atoms with Crippen molar-refractivity contribution < 1.29 is 9.31 Å². The zero-order valence-corrected chi connectivity index (χ0v) is 22.4. The molecule has 1 aliphatic rings. The minimum atomic E-state index is -0.391. The molecule has 0 spiro atoms. The largest absolute Gasteiger partial charge is 0.368 e. The first-order valence-electron chi connectivity index (χ1n) is 12.0. The van der Waals surface area contributed by atoms with Gasteiger partial charge in [0.2, 0.25) is 5.95 Å². The van der Waals surface area contributed by atoms with Crippen LogP contribution in [0.1, 0.15) is 18.9 Å². The molecule has 2 aromatic carbocycles. The topological polar surface area (TPSA) is 92.4 Å². The summed E-state index contributed by atoms with van der Waals surface area (Å²) in [6, 6.07) is 10.2. The molecule has 4 aromatic rings. The Morgan fingerprint density at radius 3 is 2.68 bits per heavy atom. The van der Waals surface area contributed by atoms with E-state index in [0.717, 1.165) is 35.9 Å². The molecule has 0 atom stereocenters. The predicted octanol–water partition coefficient (Wildman–Crippen LogP) is 5.98. The number of nitro groups is 1. The SMILES string of the molecule is CN(C)CCN(C)c1cc(Br)c(Nc2nccc(-c3cn(C4CC4)c4ccc(F)cc34)n2)cc1[N+](=O)[O-]. The van der Waals surface area contributed by atoms with Crippen LogP contribution in [0, 0.1) is 15.9 Å². The number of nitro benzene ring substituents is 1. The van der Waals surface area contributed by atoms with E-state index in [4.69, 9.17) is 0 Å². The van der Waals surface area contributed by atoms with Gasteiger partial charge in [-0.15, -0.1) is 0 Å². The summed E-state index contributed by atoms with van der Waals surface area (Å²) in [6.45, 7) is 1.39. The normalized spacial score (nSPS) is 13.4. The van der Waals surface area contributed by atoms with Gasteiger partial charge in [-0.2, -0.15) is 0 Å². The van der Waals surface area contributed by atoms with E-state index in [1.54, 1.807) is 24.4 Å². The number of nitrogens with one attached hydrogen (secondary N) is 1. The van der Waals surface area contributed by atoms with Gasteiger partial charge in [0.15, 0.2) is 0 Å². The third-order valence-corrected chi connectivity index (χ3v) is 7.12. The number of fused-ring (bicyclic) bond motifs is 1. The standard InChI is InChI=1S/C26H27BrFN7O2/c1-32(2)10-11-33(3)24-13-20(27)22(14-25(24)35(36)37)31-26-29-9-8-21(30-26)19-15-34(17-5-6-17)23-7-4-16(28)12-18(19)23/h4,7-9,12-15,17H,5-6,10-11H2,1-3H3,(H,29,30,31). The van der Waals surface area contributed by atoms with E-state index in [1.165, 1.54) is 18.2 Å². The summed E-state index contributed by atoms with van der Waals surface area (Å²) in [5.74, 6) is -0.0217. The lowest BCUT2D eigenvalue weighted by molar-refractivity contribution is -0.384. The van der Waals surface area contributed by atoms with Crippen LogP contribution in [0.25, 0.3) is 22.2 Å². The average molecular weight is 568 g/mol. The highest BCUT2D eigenvalue weighted by molar-refractivity contribution is 9.10. The lowest BCUT2D eigenvalue weighted by atomic mass is 10.1. The van der Waals surface area contributed by atoms with Crippen molar-refractivity contribution in [1.29, 1.82) is 0 Å². The molecule has 5 rings (SSSR count). The predicted molar refractivity (Wildman–Crippen MR) is 147 cm³/mol. The lowest BCUT2D eigenvalue weighted by Crippen LogP contribution is -2.28. The van der Waals surface area contributed by atoms with Crippen molar-refractivity contribution >= 4 is 49.8 Å². The fourth-order valence-electron chi connectivity index (χ4n) is 4.35. The Balaban J connectivity index is 1.48. The molecule has 0 radical (unpaired) electrons. The minimum Gasteiger partial charge on any atom is -0.368 e. The van der Waals surface area contributed by atoms with E-state index in [-0.39, 0.29) is 17.5 Å². The summed E-state index contributed by atoms with van der Waals surface area (Å²) in [5.41, 5.74) is 3.38. The number of aromatic nitrogens is 3. The fourth-order valence-corrected chi connectivity index (χ4v) is 4.78. The van der Waals surface area contributed by atoms with Gasteiger partial charge in [0.1, 0.15) is 11.5 Å². The second-order valence-electron chi connectivity index (χ2n) is 9.54. The third-order valence-electron chi connectivity index (χ3n) is 6.47. The molecule has 0 amide bonds. The summed E-state index contributed by atoms with van der Waals surface area (Å²) >= 11 is 3.54. The molecule has 1 N–H and O–H groups in total. The zero-order valence-electron chi connectivity index (χ0n) is 20.8. The Labute approximate surface area is 222 Å². The molecule has 0 unspecified atom stereocenters. The van der Waals surface area contributed by atoms with Crippen LogP contribution in [0.15, 0.2) is 53.3 Å². The first kappa shape index (κ1) is 25.1. The van der Waals surface area contributed by atoms with Gasteiger partial charge in [-0.3, -0.25) is 10.1 Å². The molecule has 192 valence electrons. The summed E-state index contributed by atoms with van der Waals surface area (Å²) in [6.07, 6.45) is 5.84. The van der Waals surface area contributed by atoms with Crippen LogP contribution < -0.4 is 10.2 Å². The van der Waals surface area contributed by atoms with Crippen molar-refractivity contribution in [3.8, 4) is 11.3 Å². The van der Waals surface area contributed by atoms with Crippen molar-refractivity contribution in [3.63, 3.8) is 0 Å². The molecule has 1 aliphatic carbocycles. The van der Waals surface area contributed by atoms with E-state index >= 15 is 0 Å². The van der Waals surface area contributed by atoms with Crippen LogP contribution in [-0.2, 0) is 0 Å². The Morgan fingerprint density at radius 1 is 1.19 bits per heavy atom. The third kappa shape index (κ3) is 5.28. The summed E-state index contributed by atoms with van der Waals surface area (Å²) < 4.78 is 17.0. The molecular weight excluding hydrogens is 541 g/mol. The van der Waals surface area contributed by atoms with Gasteiger partial charge in [0.05, 0.1) is 16.3 Å². The van der Waals surface area contributed by atoms with Gasteiger partial charge >= 0.3 is 0 Å². The number of hydrogen-bond acceptors (Lipinski definition) is 7. The van der Waals surface area contributed by atoms with Crippen molar-refractivity contribution in [3.05, 3.63) is 69.2 Å². The van der Waals surface area contributed by atoms with Gasteiger partial charge in [0, 0.05) is 65.6 Å². The zero-order chi connectivity index (χ0) is 26.3. The van der Waals surface area contributed by atoms with Gasteiger partial charge in [-0.1, -0.05) is 0 Å². The Hall–Kier alpha value is -3.57. The summed E-state index contributed by atoms with van der Waals surface area (Å²) in [7, 11) is 5.75. The number of nitrogens with zero attached hydrogens (tertiary/aromatic N) is 6. The van der Waals surface area contributed by atoms with Crippen molar-refractivity contribution in [2.45, 2.75) is 18.9 Å². The van der Waals surface area contributed by atoms with Crippen LogP contribution in [0.5, 0.6) is 0 Å². The van der Waals surface area contributed by atoms with E-state index in [9.17, 15) is 14.5 Å². The molecule has 1 saturated carbocycles. The number of rotatable bonds is 9. The Morgan fingerprint density at radius 2 is 1.97 bits per heavy atom. The van der Waals surface area contributed by atoms with Crippen molar-refractivity contribution in [1.82, 2.24) is 19.4 Å². The highest BCUT2D eigenvalue weighted by atomic mass is 79.9. The van der Waals surface area contributed by atoms with Gasteiger partial charge < -0.3 is 19.7 Å². The van der Waals surface area contributed by atoms with Crippen LogP contribution >= 0.6 is 15.9 Å². The maximum absolute atomic E-state index is 14.1. The van der Waals surface area contributed by atoms with E-state index < -0.39 is 4.92 Å². The van der Waals surface area contributed by atoms with Crippen LogP contribution in [0.4, 0.5) is 27.4 Å². The maximum Gasteiger partial charge on any atom is 0.294 e. The van der Waals surface area contributed by atoms with E-state index in [1.807, 2.05) is 37.1 Å². The minimum absolute atomic E-state index is 0.0221. The van der Waals surface area contributed by atoms with Crippen molar-refractivity contribution in [2.75, 3.05) is 44.4 Å². The molecule has 2 heterocycles. The van der Waals surface area contributed by atoms with Gasteiger partial charge in [-0.25, -0.2) is 14.4 Å². The average Bonchev–Trinajstić information content (AvgIpc) is 3.64. The highest BCUT2D eigenvalue weighted by Gasteiger charge is 2.27. The molecule has 11 heteroatoms.